The van der Waals surface area contributed by atoms with Crippen molar-refractivity contribution in [3.63, 3.8) is 0 Å². The van der Waals surface area contributed by atoms with Gasteiger partial charge in [-0.2, -0.15) is 0 Å². The van der Waals surface area contributed by atoms with Crippen molar-refractivity contribution in [2.45, 2.75) is 44.7 Å². The summed E-state index contributed by atoms with van der Waals surface area (Å²) >= 11 is 0. The monoisotopic (exact) mass is 222 g/mol. The summed E-state index contributed by atoms with van der Waals surface area (Å²) in [5, 5.41) is 0. The highest BCUT2D eigenvalue weighted by atomic mass is 16.5. The highest BCUT2D eigenvalue weighted by Crippen LogP contribution is 2.31. The van der Waals surface area contributed by atoms with Crippen molar-refractivity contribution in [3.8, 4) is 0 Å². The molecular formula is C13H22N2O. The maximum atomic E-state index is 6.12. The molecule has 0 spiro atoms. The molecule has 0 fully saturated rings. The van der Waals surface area contributed by atoms with E-state index in [2.05, 4.69) is 23.8 Å². The van der Waals surface area contributed by atoms with Gasteiger partial charge in [-0.3, -0.25) is 0 Å². The molecule has 1 aliphatic carbocycles. The van der Waals surface area contributed by atoms with Gasteiger partial charge in [-0.15, -0.1) is 0 Å². The second kappa shape index (κ2) is 5.02. The summed E-state index contributed by atoms with van der Waals surface area (Å²) in [6.45, 7) is 3.07. The van der Waals surface area contributed by atoms with Crippen LogP contribution in [-0.4, -0.2) is 18.3 Å². The molecule has 2 rings (SSSR count). The molecule has 1 aromatic rings. The van der Waals surface area contributed by atoms with Gasteiger partial charge in [-0.05, 0) is 44.2 Å². The Balaban J connectivity index is 2.16. The van der Waals surface area contributed by atoms with Crippen molar-refractivity contribution >= 4 is 0 Å². The standard InChI is InChI=1S/C13H22N2O/c1-10(7-9-16-2)15-8-6-11-12(14)4-3-5-13(11)15/h6,8,10,12H,3-5,7,9,14H2,1-2H3. The van der Waals surface area contributed by atoms with Crippen molar-refractivity contribution in [3.05, 3.63) is 23.5 Å². The summed E-state index contributed by atoms with van der Waals surface area (Å²) in [6.07, 6.45) is 6.77. The maximum Gasteiger partial charge on any atom is 0.0481 e. The lowest BCUT2D eigenvalue weighted by molar-refractivity contribution is 0.180. The molecule has 0 saturated heterocycles. The zero-order valence-electron chi connectivity index (χ0n) is 10.3. The Hall–Kier alpha value is -0.800. The number of nitrogens with two attached hydrogens (primary N) is 1. The molecule has 0 bridgehead atoms. The molecule has 3 heteroatoms. The Morgan fingerprint density at radius 3 is 3.19 bits per heavy atom. The molecule has 2 atom stereocenters. The number of ether oxygens (including phenoxy) is 1. The average molecular weight is 222 g/mol. The van der Waals surface area contributed by atoms with Crippen LogP contribution >= 0.6 is 0 Å². The minimum Gasteiger partial charge on any atom is -0.385 e. The number of fused-ring (bicyclic) bond motifs is 1. The van der Waals surface area contributed by atoms with Gasteiger partial charge in [0.15, 0.2) is 0 Å². The summed E-state index contributed by atoms with van der Waals surface area (Å²) < 4.78 is 7.52. The molecule has 2 unspecified atom stereocenters. The number of methoxy groups -OCH3 is 1. The van der Waals surface area contributed by atoms with Gasteiger partial charge in [0.05, 0.1) is 0 Å². The Morgan fingerprint density at radius 2 is 2.44 bits per heavy atom. The summed E-state index contributed by atoms with van der Waals surface area (Å²) in [4.78, 5) is 0. The van der Waals surface area contributed by atoms with Gasteiger partial charge in [-0.1, -0.05) is 0 Å². The first-order valence-electron chi connectivity index (χ1n) is 6.18. The van der Waals surface area contributed by atoms with Crippen LogP contribution in [0.4, 0.5) is 0 Å². The van der Waals surface area contributed by atoms with E-state index < -0.39 is 0 Å². The van der Waals surface area contributed by atoms with E-state index in [-0.39, 0.29) is 6.04 Å². The van der Waals surface area contributed by atoms with Crippen LogP contribution in [0.25, 0.3) is 0 Å². The summed E-state index contributed by atoms with van der Waals surface area (Å²) in [5.74, 6) is 0. The summed E-state index contributed by atoms with van der Waals surface area (Å²) in [6, 6.07) is 2.95. The van der Waals surface area contributed by atoms with Crippen LogP contribution < -0.4 is 5.73 Å². The molecule has 0 saturated carbocycles. The quantitative estimate of drug-likeness (QED) is 0.850. The number of rotatable bonds is 4. The molecule has 90 valence electrons. The normalized spacial score (nSPS) is 21.8. The van der Waals surface area contributed by atoms with Crippen LogP contribution in [0.3, 0.4) is 0 Å². The SMILES string of the molecule is COCCC(C)n1ccc2c1CCCC2N. The molecule has 1 aromatic heterocycles. The van der Waals surface area contributed by atoms with Crippen LogP contribution in [0.15, 0.2) is 12.3 Å². The van der Waals surface area contributed by atoms with Crippen molar-refractivity contribution < 1.29 is 4.74 Å². The van der Waals surface area contributed by atoms with Crippen LogP contribution in [-0.2, 0) is 11.2 Å². The third-order valence-electron chi connectivity index (χ3n) is 3.60. The zero-order valence-corrected chi connectivity index (χ0v) is 10.3. The van der Waals surface area contributed by atoms with Gasteiger partial charge in [0.25, 0.3) is 0 Å². The maximum absolute atomic E-state index is 6.12. The lowest BCUT2D eigenvalue weighted by Gasteiger charge is -2.23. The number of aromatic nitrogens is 1. The predicted molar refractivity (Wildman–Crippen MR) is 65.5 cm³/mol. The number of hydrogen-bond acceptors (Lipinski definition) is 2. The molecule has 2 N–H and O–H groups in total. The first-order valence-corrected chi connectivity index (χ1v) is 6.18. The summed E-state index contributed by atoms with van der Waals surface area (Å²) in [5.41, 5.74) is 8.93. The van der Waals surface area contributed by atoms with Gasteiger partial charge in [0, 0.05) is 37.7 Å². The Kier molecular flexibility index (Phi) is 3.66. The fraction of sp³-hybridized carbons (Fsp3) is 0.692. The van der Waals surface area contributed by atoms with Crippen molar-refractivity contribution in [1.29, 1.82) is 0 Å². The van der Waals surface area contributed by atoms with Crippen molar-refractivity contribution in [2.24, 2.45) is 5.73 Å². The molecule has 0 aromatic carbocycles. The Bertz CT molecular complexity index is 346. The van der Waals surface area contributed by atoms with Crippen LogP contribution in [0.1, 0.15) is 49.5 Å². The van der Waals surface area contributed by atoms with Gasteiger partial charge in [-0.25, -0.2) is 0 Å². The smallest absolute Gasteiger partial charge is 0.0481 e. The third-order valence-corrected chi connectivity index (χ3v) is 3.60. The fourth-order valence-electron chi connectivity index (χ4n) is 2.59. The third kappa shape index (κ3) is 2.15. The molecule has 0 radical (unpaired) electrons. The molecular weight excluding hydrogens is 200 g/mol. The first kappa shape index (κ1) is 11.7. The van der Waals surface area contributed by atoms with Gasteiger partial charge in [0.1, 0.15) is 0 Å². The molecule has 1 aliphatic rings. The van der Waals surface area contributed by atoms with E-state index in [1.54, 1.807) is 7.11 Å². The lowest BCUT2D eigenvalue weighted by atomic mass is 9.93. The minimum absolute atomic E-state index is 0.250. The highest BCUT2D eigenvalue weighted by Gasteiger charge is 2.21. The predicted octanol–water partition coefficient (Wildman–Crippen LogP) is 2.42. The molecule has 0 aliphatic heterocycles. The van der Waals surface area contributed by atoms with Gasteiger partial charge in [0.2, 0.25) is 0 Å². The Morgan fingerprint density at radius 1 is 1.62 bits per heavy atom. The number of nitrogens with zero attached hydrogens (tertiary/aromatic N) is 1. The fourth-order valence-corrected chi connectivity index (χ4v) is 2.59. The second-order valence-corrected chi connectivity index (χ2v) is 4.75. The van der Waals surface area contributed by atoms with Crippen LogP contribution in [0.5, 0.6) is 0 Å². The molecule has 0 amide bonds. The van der Waals surface area contributed by atoms with Crippen LogP contribution in [0, 0.1) is 0 Å². The molecule has 3 nitrogen and oxygen atoms in total. The van der Waals surface area contributed by atoms with Gasteiger partial charge < -0.3 is 15.0 Å². The average Bonchev–Trinajstić information content (AvgIpc) is 2.71. The first-order chi connectivity index (χ1) is 7.74. The zero-order chi connectivity index (χ0) is 11.5. The topological polar surface area (TPSA) is 40.2 Å². The Labute approximate surface area is 97.6 Å². The van der Waals surface area contributed by atoms with Gasteiger partial charge >= 0.3 is 0 Å². The summed E-state index contributed by atoms with van der Waals surface area (Å²) in [7, 11) is 1.76. The van der Waals surface area contributed by atoms with E-state index in [1.807, 2.05) is 0 Å². The van der Waals surface area contributed by atoms with E-state index in [0.29, 0.717) is 6.04 Å². The molecule has 1 heterocycles. The van der Waals surface area contributed by atoms with Crippen LogP contribution in [0.2, 0.25) is 0 Å². The molecule has 16 heavy (non-hydrogen) atoms. The second-order valence-electron chi connectivity index (χ2n) is 4.75. The van der Waals surface area contributed by atoms with E-state index in [0.717, 1.165) is 19.4 Å². The highest BCUT2D eigenvalue weighted by molar-refractivity contribution is 5.28. The van der Waals surface area contributed by atoms with E-state index >= 15 is 0 Å². The number of hydrogen-bond donors (Lipinski definition) is 1. The minimum atomic E-state index is 0.250. The van der Waals surface area contributed by atoms with E-state index in [9.17, 15) is 0 Å². The van der Waals surface area contributed by atoms with Crippen molar-refractivity contribution in [2.75, 3.05) is 13.7 Å². The lowest BCUT2D eigenvalue weighted by Crippen LogP contribution is -2.19. The van der Waals surface area contributed by atoms with Crippen molar-refractivity contribution in [1.82, 2.24) is 4.57 Å². The largest absolute Gasteiger partial charge is 0.385 e. The van der Waals surface area contributed by atoms with E-state index in [4.69, 9.17) is 10.5 Å². The van der Waals surface area contributed by atoms with E-state index in [1.165, 1.54) is 24.1 Å².